The first-order valence-electron chi connectivity index (χ1n) is 6.58. The number of nitrogens with one attached hydrogen (secondary N) is 1. The molecule has 1 atom stereocenters. The standard InChI is InChI=1S/C14H17N5S/c1-9(6-11-5-4-10(2)20-11)18-13-12-7-17-19(3)14(12)16-8-15-13/h4-5,7-9H,6H2,1-3H3,(H,15,16,18). The van der Waals surface area contributed by atoms with Gasteiger partial charge >= 0.3 is 0 Å². The Kier molecular flexibility index (Phi) is 3.40. The monoisotopic (exact) mass is 287 g/mol. The van der Waals surface area contributed by atoms with E-state index in [1.54, 1.807) is 17.2 Å². The van der Waals surface area contributed by atoms with Crippen molar-refractivity contribution in [3.05, 3.63) is 34.4 Å². The maximum Gasteiger partial charge on any atom is 0.163 e. The third-order valence-electron chi connectivity index (χ3n) is 3.22. The number of anilines is 1. The van der Waals surface area contributed by atoms with E-state index in [1.807, 2.05) is 18.4 Å². The molecule has 0 saturated carbocycles. The van der Waals surface area contributed by atoms with Crippen LogP contribution in [0.2, 0.25) is 0 Å². The Bertz CT molecular complexity index is 730. The molecule has 0 aromatic carbocycles. The summed E-state index contributed by atoms with van der Waals surface area (Å²) in [6.07, 6.45) is 4.37. The van der Waals surface area contributed by atoms with E-state index in [4.69, 9.17) is 0 Å². The van der Waals surface area contributed by atoms with Crippen molar-refractivity contribution in [3.63, 3.8) is 0 Å². The van der Waals surface area contributed by atoms with Crippen LogP contribution in [0.25, 0.3) is 11.0 Å². The van der Waals surface area contributed by atoms with E-state index < -0.39 is 0 Å². The third kappa shape index (κ3) is 2.51. The maximum atomic E-state index is 4.33. The Morgan fingerprint density at radius 1 is 1.35 bits per heavy atom. The Labute approximate surface area is 121 Å². The lowest BCUT2D eigenvalue weighted by Crippen LogP contribution is -2.18. The number of hydrogen-bond donors (Lipinski definition) is 1. The molecule has 3 aromatic rings. The van der Waals surface area contributed by atoms with Gasteiger partial charge in [-0.05, 0) is 26.0 Å². The molecule has 104 valence electrons. The van der Waals surface area contributed by atoms with Gasteiger partial charge in [-0.3, -0.25) is 4.68 Å². The summed E-state index contributed by atoms with van der Waals surface area (Å²) >= 11 is 1.85. The van der Waals surface area contributed by atoms with Gasteiger partial charge in [0.1, 0.15) is 12.1 Å². The lowest BCUT2D eigenvalue weighted by molar-refractivity contribution is 0.783. The van der Waals surface area contributed by atoms with E-state index in [-0.39, 0.29) is 0 Å². The van der Waals surface area contributed by atoms with Crippen molar-refractivity contribution in [2.24, 2.45) is 7.05 Å². The van der Waals surface area contributed by atoms with Crippen molar-refractivity contribution in [1.29, 1.82) is 0 Å². The van der Waals surface area contributed by atoms with Crippen molar-refractivity contribution >= 4 is 28.2 Å². The molecule has 0 saturated heterocycles. The second kappa shape index (κ2) is 5.20. The first-order chi connectivity index (χ1) is 9.63. The zero-order valence-electron chi connectivity index (χ0n) is 11.8. The molecule has 3 aromatic heterocycles. The van der Waals surface area contributed by atoms with Crippen LogP contribution in [0.5, 0.6) is 0 Å². The van der Waals surface area contributed by atoms with E-state index in [0.29, 0.717) is 6.04 Å². The molecule has 0 radical (unpaired) electrons. The van der Waals surface area contributed by atoms with Crippen LogP contribution in [-0.2, 0) is 13.5 Å². The number of rotatable bonds is 4. The van der Waals surface area contributed by atoms with Gasteiger partial charge in [0.2, 0.25) is 0 Å². The fourth-order valence-corrected chi connectivity index (χ4v) is 3.28. The summed E-state index contributed by atoms with van der Waals surface area (Å²) in [7, 11) is 1.89. The van der Waals surface area contributed by atoms with Crippen LogP contribution in [0.3, 0.4) is 0 Å². The Morgan fingerprint density at radius 2 is 2.20 bits per heavy atom. The van der Waals surface area contributed by atoms with E-state index in [0.717, 1.165) is 23.3 Å². The van der Waals surface area contributed by atoms with Gasteiger partial charge in [0.05, 0.1) is 11.6 Å². The van der Waals surface area contributed by atoms with Crippen molar-refractivity contribution in [1.82, 2.24) is 19.7 Å². The molecule has 1 unspecified atom stereocenters. The Hall–Kier alpha value is -1.95. The molecular weight excluding hydrogens is 270 g/mol. The van der Waals surface area contributed by atoms with Crippen molar-refractivity contribution in [2.75, 3.05) is 5.32 Å². The molecule has 3 rings (SSSR count). The maximum absolute atomic E-state index is 4.33. The van der Waals surface area contributed by atoms with E-state index in [1.165, 1.54) is 9.75 Å². The summed E-state index contributed by atoms with van der Waals surface area (Å²) in [5.41, 5.74) is 0.849. The van der Waals surface area contributed by atoms with Crippen LogP contribution in [-0.4, -0.2) is 25.8 Å². The summed E-state index contributed by atoms with van der Waals surface area (Å²) in [6.45, 7) is 4.30. The molecule has 0 aliphatic heterocycles. The molecule has 0 fully saturated rings. The average Bonchev–Trinajstić information content (AvgIpc) is 2.98. The smallest absolute Gasteiger partial charge is 0.163 e. The minimum atomic E-state index is 0.311. The fraction of sp³-hybridized carbons (Fsp3) is 0.357. The minimum absolute atomic E-state index is 0.311. The van der Waals surface area contributed by atoms with Gasteiger partial charge < -0.3 is 5.32 Å². The van der Waals surface area contributed by atoms with Crippen molar-refractivity contribution in [2.45, 2.75) is 26.3 Å². The van der Waals surface area contributed by atoms with Crippen LogP contribution in [0.15, 0.2) is 24.7 Å². The molecule has 0 spiro atoms. The first-order valence-corrected chi connectivity index (χ1v) is 7.39. The number of nitrogens with zero attached hydrogens (tertiary/aromatic N) is 4. The molecule has 0 bridgehead atoms. The zero-order valence-corrected chi connectivity index (χ0v) is 12.6. The molecule has 6 heteroatoms. The lowest BCUT2D eigenvalue weighted by atomic mass is 10.2. The normalized spacial score (nSPS) is 12.8. The molecule has 1 N–H and O–H groups in total. The quantitative estimate of drug-likeness (QED) is 0.801. The Morgan fingerprint density at radius 3 is 2.95 bits per heavy atom. The highest BCUT2D eigenvalue weighted by Crippen LogP contribution is 2.21. The van der Waals surface area contributed by atoms with Gasteiger partial charge in [-0.1, -0.05) is 0 Å². The van der Waals surface area contributed by atoms with Crippen LogP contribution in [0.4, 0.5) is 5.82 Å². The molecular formula is C14H17N5S. The minimum Gasteiger partial charge on any atom is -0.367 e. The fourth-order valence-electron chi connectivity index (χ4n) is 2.26. The van der Waals surface area contributed by atoms with Gasteiger partial charge in [-0.2, -0.15) is 5.10 Å². The summed E-state index contributed by atoms with van der Waals surface area (Å²) in [5.74, 6) is 0.851. The summed E-state index contributed by atoms with van der Waals surface area (Å²) in [5, 5.41) is 8.65. The number of thiophene rings is 1. The second-order valence-corrected chi connectivity index (χ2v) is 6.36. The van der Waals surface area contributed by atoms with Crippen LogP contribution >= 0.6 is 11.3 Å². The molecule has 20 heavy (non-hydrogen) atoms. The zero-order chi connectivity index (χ0) is 14.1. The summed E-state index contributed by atoms with van der Waals surface area (Å²) in [6, 6.07) is 4.67. The SMILES string of the molecule is Cc1ccc(CC(C)Nc2ncnc3c2cnn3C)s1. The number of aryl methyl sites for hydroxylation is 2. The van der Waals surface area contributed by atoms with E-state index >= 15 is 0 Å². The van der Waals surface area contributed by atoms with Gasteiger partial charge in [0, 0.05) is 29.3 Å². The highest BCUT2D eigenvalue weighted by Gasteiger charge is 2.11. The van der Waals surface area contributed by atoms with Gasteiger partial charge in [-0.15, -0.1) is 11.3 Å². The predicted molar refractivity (Wildman–Crippen MR) is 82.1 cm³/mol. The van der Waals surface area contributed by atoms with E-state index in [2.05, 4.69) is 46.4 Å². The predicted octanol–water partition coefficient (Wildman–Crippen LogP) is 2.78. The largest absolute Gasteiger partial charge is 0.367 e. The summed E-state index contributed by atoms with van der Waals surface area (Å²) < 4.78 is 1.76. The van der Waals surface area contributed by atoms with Gasteiger partial charge in [0.15, 0.2) is 5.65 Å². The van der Waals surface area contributed by atoms with E-state index in [9.17, 15) is 0 Å². The lowest BCUT2D eigenvalue weighted by Gasteiger charge is -2.13. The first kappa shape index (κ1) is 13.1. The highest BCUT2D eigenvalue weighted by atomic mass is 32.1. The number of hydrogen-bond acceptors (Lipinski definition) is 5. The van der Waals surface area contributed by atoms with Gasteiger partial charge in [-0.25, -0.2) is 9.97 Å². The molecule has 0 aliphatic rings. The number of aromatic nitrogens is 4. The molecule has 3 heterocycles. The Balaban J connectivity index is 1.78. The van der Waals surface area contributed by atoms with Crippen LogP contribution in [0, 0.1) is 6.92 Å². The van der Waals surface area contributed by atoms with Crippen LogP contribution in [0.1, 0.15) is 16.7 Å². The highest BCUT2D eigenvalue weighted by molar-refractivity contribution is 7.11. The molecule has 0 aliphatic carbocycles. The molecule has 5 nitrogen and oxygen atoms in total. The molecule has 0 amide bonds. The van der Waals surface area contributed by atoms with Gasteiger partial charge in [0.25, 0.3) is 0 Å². The third-order valence-corrected chi connectivity index (χ3v) is 4.24. The second-order valence-electron chi connectivity index (χ2n) is 4.99. The van der Waals surface area contributed by atoms with Crippen molar-refractivity contribution < 1.29 is 0 Å². The number of fused-ring (bicyclic) bond motifs is 1. The van der Waals surface area contributed by atoms with Crippen LogP contribution < -0.4 is 5.32 Å². The topological polar surface area (TPSA) is 55.6 Å². The average molecular weight is 287 g/mol. The van der Waals surface area contributed by atoms with Crippen molar-refractivity contribution in [3.8, 4) is 0 Å². The summed E-state index contributed by atoms with van der Waals surface area (Å²) in [4.78, 5) is 11.3.